The van der Waals surface area contributed by atoms with Crippen LogP contribution in [0.3, 0.4) is 0 Å². The highest BCUT2D eigenvalue weighted by Gasteiger charge is 2.23. The maximum absolute atomic E-state index is 12.6. The molecule has 140 valence electrons. The Bertz CT molecular complexity index is 753. The van der Waals surface area contributed by atoms with Gasteiger partial charge in [-0.1, -0.05) is 26.7 Å². The number of carbonyl (C=O) groups is 2. The first-order valence-corrected chi connectivity index (χ1v) is 8.76. The SMILES string of the molecule is CCCCC(NC(=O)c1cnn(-c2ccc(OC)cc2)c1CC)C(=O)O. The van der Waals surface area contributed by atoms with E-state index in [1.165, 1.54) is 6.20 Å². The van der Waals surface area contributed by atoms with Crippen molar-refractivity contribution in [2.45, 2.75) is 45.6 Å². The molecule has 0 radical (unpaired) electrons. The summed E-state index contributed by atoms with van der Waals surface area (Å²) >= 11 is 0. The van der Waals surface area contributed by atoms with Crippen molar-refractivity contribution >= 4 is 11.9 Å². The standard InChI is InChI=1S/C19H25N3O4/c1-4-6-7-16(19(24)25)21-18(23)15-12-20-22(17(15)5-2)13-8-10-14(26-3)11-9-13/h8-12,16H,4-7H2,1-3H3,(H,21,23)(H,24,25). The smallest absolute Gasteiger partial charge is 0.326 e. The van der Waals surface area contributed by atoms with Crippen LogP contribution in [0.15, 0.2) is 30.5 Å². The van der Waals surface area contributed by atoms with Crippen LogP contribution in [0, 0.1) is 0 Å². The van der Waals surface area contributed by atoms with Crippen LogP contribution in [0.1, 0.15) is 49.2 Å². The zero-order valence-corrected chi connectivity index (χ0v) is 15.4. The van der Waals surface area contributed by atoms with E-state index in [1.807, 2.05) is 38.1 Å². The number of carbonyl (C=O) groups excluding carboxylic acids is 1. The summed E-state index contributed by atoms with van der Waals surface area (Å²) in [6, 6.07) is 6.46. The Morgan fingerprint density at radius 3 is 2.50 bits per heavy atom. The van der Waals surface area contributed by atoms with Crippen molar-refractivity contribution in [3.8, 4) is 11.4 Å². The lowest BCUT2D eigenvalue weighted by molar-refractivity contribution is -0.139. The summed E-state index contributed by atoms with van der Waals surface area (Å²) in [6.07, 6.45) is 4.09. The summed E-state index contributed by atoms with van der Waals surface area (Å²) in [7, 11) is 1.60. The van der Waals surface area contributed by atoms with Crippen molar-refractivity contribution < 1.29 is 19.4 Å². The summed E-state index contributed by atoms with van der Waals surface area (Å²) in [5.41, 5.74) is 1.93. The molecule has 0 spiro atoms. The predicted octanol–water partition coefficient (Wildman–Crippen LogP) is 2.82. The molecule has 1 atom stereocenters. The van der Waals surface area contributed by atoms with Crippen LogP contribution in [0.4, 0.5) is 0 Å². The van der Waals surface area contributed by atoms with E-state index in [4.69, 9.17) is 4.74 Å². The molecular weight excluding hydrogens is 334 g/mol. The maximum Gasteiger partial charge on any atom is 0.326 e. The van der Waals surface area contributed by atoms with E-state index >= 15 is 0 Å². The van der Waals surface area contributed by atoms with Crippen molar-refractivity contribution in [2.75, 3.05) is 7.11 Å². The first kappa shape index (κ1) is 19.5. The van der Waals surface area contributed by atoms with Crippen LogP contribution in [-0.4, -0.2) is 39.9 Å². The van der Waals surface area contributed by atoms with Gasteiger partial charge in [0.15, 0.2) is 0 Å². The second-order valence-corrected chi connectivity index (χ2v) is 5.97. The fraction of sp³-hybridized carbons (Fsp3) is 0.421. The molecule has 0 bridgehead atoms. The van der Waals surface area contributed by atoms with E-state index in [9.17, 15) is 14.7 Å². The largest absolute Gasteiger partial charge is 0.497 e. The minimum absolute atomic E-state index is 0.395. The number of hydrogen-bond acceptors (Lipinski definition) is 4. The molecule has 1 amide bonds. The molecule has 7 nitrogen and oxygen atoms in total. The van der Waals surface area contributed by atoms with E-state index in [0.29, 0.717) is 18.4 Å². The number of carboxylic acids is 1. The minimum Gasteiger partial charge on any atom is -0.497 e. The minimum atomic E-state index is -1.02. The van der Waals surface area contributed by atoms with Crippen molar-refractivity contribution in [1.29, 1.82) is 0 Å². The molecule has 2 aromatic rings. The normalized spacial score (nSPS) is 11.8. The van der Waals surface area contributed by atoms with Gasteiger partial charge in [-0.3, -0.25) is 4.79 Å². The van der Waals surface area contributed by atoms with Gasteiger partial charge in [-0.05, 0) is 37.1 Å². The number of hydrogen-bond donors (Lipinski definition) is 2. The Labute approximate surface area is 153 Å². The number of aromatic nitrogens is 2. The topological polar surface area (TPSA) is 93.5 Å². The van der Waals surface area contributed by atoms with Gasteiger partial charge in [0.1, 0.15) is 11.8 Å². The molecule has 1 aromatic heterocycles. The molecule has 0 saturated heterocycles. The zero-order valence-electron chi connectivity index (χ0n) is 15.4. The molecule has 0 aliphatic rings. The predicted molar refractivity (Wildman–Crippen MR) is 97.9 cm³/mol. The van der Waals surface area contributed by atoms with Crippen LogP contribution in [0.5, 0.6) is 5.75 Å². The van der Waals surface area contributed by atoms with E-state index in [0.717, 1.165) is 30.0 Å². The summed E-state index contributed by atoms with van der Waals surface area (Å²) < 4.78 is 6.84. The molecule has 1 heterocycles. The third-order valence-electron chi connectivity index (χ3n) is 4.22. The summed E-state index contributed by atoms with van der Waals surface area (Å²) in [6.45, 7) is 3.91. The molecule has 26 heavy (non-hydrogen) atoms. The number of nitrogens with one attached hydrogen (secondary N) is 1. The highest BCUT2D eigenvalue weighted by Crippen LogP contribution is 2.19. The Morgan fingerprint density at radius 1 is 1.27 bits per heavy atom. The highest BCUT2D eigenvalue weighted by atomic mass is 16.5. The molecule has 0 aliphatic carbocycles. The van der Waals surface area contributed by atoms with E-state index in [2.05, 4.69) is 10.4 Å². The Balaban J connectivity index is 2.25. The average molecular weight is 359 g/mol. The zero-order chi connectivity index (χ0) is 19.1. The van der Waals surface area contributed by atoms with Crippen molar-refractivity contribution in [1.82, 2.24) is 15.1 Å². The van der Waals surface area contributed by atoms with Crippen LogP contribution in [-0.2, 0) is 11.2 Å². The lowest BCUT2D eigenvalue weighted by Gasteiger charge is -2.14. The molecule has 0 fully saturated rings. The van der Waals surface area contributed by atoms with Crippen LogP contribution in [0.25, 0.3) is 5.69 Å². The lowest BCUT2D eigenvalue weighted by Crippen LogP contribution is -2.41. The number of amides is 1. The Hall–Kier alpha value is -2.83. The molecule has 0 aliphatic heterocycles. The fourth-order valence-electron chi connectivity index (χ4n) is 2.75. The van der Waals surface area contributed by atoms with Gasteiger partial charge in [0.2, 0.25) is 0 Å². The number of carboxylic acid groups (broad SMARTS) is 1. The van der Waals surface area contributed by atoms with Crippen LogP contribution in [0.2, 0.25) is 0 Å². The number of benzene rings is 1. The number of nitrogens with zero attached hydrogens (tertiary/aromatic N) is 2. The monoisotopic (exact) mass is 359 g/mol. The number of aliphatic carboxylic acids is 1. The number of ether oxygens (including phenoxy) is 1. The molecule has 0 saturated carbocycles. The van der Waals surface area contributed by atoms with Crippen molar-refractivity contribution in [2.24, 2.45) is 0 Å². The van der Waals surface area contributed by atoms with Gasteiger partial charge in [0.25, 0.3) is 5.91 Å². The van der Waals surface area contributed by atoms with Crippen LogP contribution < -0.4 is 10.1 Å². The first-order valence-electron chi connectivity index (χ1n) is 8.76. The van der Waals surface area contributed by atoms with Gasteiger partial charge < -0.3 is 15.2 Å². The van der Waals surface area contributed by atoms with Crippen molar-refractivity contribution in [3.63, 3.8) is 0 Å². The fourth-order valence-corrected chi connectivity index (χ4v) is 2.75. The molecule has 1 aromatic carbocycles. The van der Waals surface area contributed by atoms with E-state index in [1.54, 1.807) is 11.8 Å². The summed E-state index contributed by atoms with van der Waals surface area (Å²) in [5, 5.41) is 16.2. The average Bonchev–Trinajstić information content (AvgIpc) is 3.08. The molecular formula is C19H25N3O4. The Kier molecular flexibility index (Phi) is 6.77. The maximum atomic E-state index is 12.6. The quantitative estimate of drug-likeness (QED) is 0.718. The van der Waals surface area contributed by atoms with E-state index in [-0.39, 0.29) is 0 Å². The second kappa shape index (κ2) is 9.03. The highest BCUT2D eigenvalue weighted by molar-refractivity contribution is 5.97. The molecule has 1 unspecified atom stereocenters. The number of methoxy groups -OCH3 is 1. The van der Waals surface area contributed by atoms with Gasteiger partial charge in [0.05, 0.1) is 30.3 Å². The van der Waals surface area contributed by atoms with Gasteiger partial charge in [-0.2, -0.15) is 5.10 Å². The third kappa shape index (κ3) is 4.41. The van der Waals surface area contributed by atoms with Gasteiger partial charge >= 0.3 is 5.97 Å². The summed E-state index contributed by atoms with van der Waals surface area (Å²) in [4.78, 5) is 24.0. The Morgan fingerprint density at radius 2 is 1.96 bits per heavy atom. The third-order valence-corrected chi connectivity index (χ3v) is 4.22. The van der Waals surface area contributed by atoms with Crippen LogP contribution >= 0.6 is 0 Å². The first-order chi connectivity index (χ1) is 12.5. The molecule has 2 N–H and O–H groups in total. The molecule has 2 rings (SSSR count). The lowest BCUT2D eigenvalue weighted by atomic mass is 10.1. The van der Waals surface area contributed by atoms with E-state index < -0.39 is 17.9 Å². The number of unbranched alkanes of at least 4 members (excludes halogenated alkanes) is 1. The number of rotatable bonds is 9. The van der Waals surface area contributed by atoms with Gasteiger partial charge in [0, 0.05) is 0 Å². The summed E-state index contributed by atoms with van der Waals surface area (Å²) in [5.74, 6) is -0.699. The van der Waals surface area contributed by atoms with Crippen molar-refractivity contribution in [3.05, 3.63) is 41.7 Å². The van der Waals surface area contributed by atoms with Gasteiger partial charge in [-0.25, -0.2) is 9.48 Å². The molecule has 7 heteroatoms. The second-order valence-electron chi connectivity index (χ2n) is 5.97. The van der Waals surface area contributed by atoms with Gasteiger partial charge in [-0.15, -0.1) is 0 Å².